The van der Waals surface area contributed by atoms with E-state index in [0.29, 0.717) is 6.54 Å². The van der Waals surface area contributed by atoms with Gasteiger partial charge in [-0.15, -0.1) is 0 Å². The molecule has 0 heterocycles. The van der Waals surface area contributed by atoms with Crippen molar-refractivity contribution in [2.24, 2.45) is 0 Å². The Bertz CT molecular complexity index is 319. The lowest BCUT2D eigenvalue weighted by atomic mass is 10.1. The number of rotatable bonds is 5. The van der Waals surface area contributed by atoms with E-state index in [4.69, 9.17) is 0 Å². The van der Waals surface area contributed by atoms with Crippen LogP contribution in [0.1, 0.15) is 32.3 Å². The fraction of sp³-hybridized carbons (Fsp3) is 0.462. The molecule has 0 saturated heterocycles. The number of amides is 2. The minimum atomic E-state index is -0.149. The monoisotopic (exact) mass is 220 g/mol. The molecular weight excluding hydrogens is 200 g/mol. The van der Waals surface area contributed by atoms with Gasteiger partial charge in [0.1, 0.15) is 0 Å². The molecule has 0 bridgehead atoms. The lowest BCUT2D eigenvalue weighted by molar-refractivity contribution is 0.252. The van der Waals surface area contributed by atoms with Crippen LogP contribution in [-0.2, 0) is 6.42 Å². The first-order valence-corrected chi connectivity index (χ1v) is 5.90. The summed E-state index contributed by atoms with van der Waals surface area (Å²) in [5.41, 5.74) is 2.16. The largest absolute Gasteiger partial charge is 0.338 e. The normalized spacial score (nSPS) is 9.88. The third-order valence-electron chi connectivity index (χ3n) is 2.37. The second-order valence-corrected chi connectivity index (χ2v) is 3.78. The van der Waals surface area contributed by atoms with Gasteiger partial charge in [0.15, 0.2) is 0 Å². The van der Waals surface area contributed by atoms with Crippen LogP contribution in [0.2, 0.25) is 0 Å². The van der Waals surface area contributed by atoms with Crippen molar-refractivity contribution in [3.05, 3.63) is 29.8 Å². The van der Waals surface area contributed by atoms with Crippen LogP contribution in [0.3, 0.4) is 0 Å². The molecule has 0 atom stereocenters. The highest BCUT2D eigenvalue weighted by atomic mass is 16.2. The Kier molecular flexibility index (Phi) is 5.40. The summed E-state index contributed by atoms with van der Waals surface area (Å²) in [7, 11) is 0. The Balaban J connectivity index is 2.47. The number of benzene rings is 1. The summed E-state index contributed by atoms with van der Waals surface area (Å²) in [4.78, 5) is 11.2. The Morgan fingerprint density at radius 1 is 1.19 bits per heavy atom. The number of carbonyl (C=O) groups is 1. The molecule has 3 heteroatoms. The third-order valence-corrected chi connectivity index (χ3v) is 2.37. The molecule has 0 spiro atoms. The van der Waals surface area contributed by atoms with Crippen LogP contribution < -0.4 is 10.6 Å². The Morgan fingerprint density at radius 3 is 2.44 bits per heavy atom. The molecule has 2 N–H and O–H groups in total. The van der Waals surface area contributed by atoms with Gasteiger partial charge >= 0.3 is 6.03 Å². The van der Waals surface area contributed by atoms with Crippen molar-refractivity contribution < 1.29 is 4.79 Å². The maximum absolute atomic E-state index is 11.2. The summed E-state index contributed by atoms with van der Waals surface area (Å²) in [6.07, 6.45) is 3.53. The van der Waals surface area contributed by atoms with Gasteiger partial charge in [0.05, 0.1) is 0 Å². The number of urea groups is 1. The molecule has 0 unspecified atom stereocenters. The molecule has 1 rings (SSSR count). The van der Waals surface area contributed by atoms with Gasteiger partial charge < -0.3 is 10.6 Å². The van der Waals surface area contributed by atoms with Crippen molar-refractivity contribution in [2.45, 2.75) is 33.1 Å². The predicted octanol–water partition coefficient (Wildman–Crippen LogP) is 3.17. The van der Waals surface area contributed by atoms with Crippen molar-refractivity contribution in [3.8, 4) is 0 Å². The minimum Gasteiger partial charge on any atom is -0.338 e. The highest BCUT2D eigenvalue weighted by Crippen LogP contribution is 2.11. The number of carbonyl (C=O) groups excluding carboxylic acids is 1. The maximum atomic E-state index is 11.2. The molecule has 0 saturated carbocycles. The van der Waals surface area contributed by atoms with E-state index < -0.39 is 0 Å². The lowest BCUT2D eigenvalue weighted by Crippen LogP contribution is -2.28. The van der Waals surface area contributed by atoms with E-state index in [1.807, 2.05) is 19.1 Å². The summed E-state index contributed by atoms with van der Waals surface area (Å²) in [6, 6.07) is 7.87. The van der Waals surface area contributed by atoms with Crippen molar-refractivity contribution in [1.82, 2.24) is 5.32 Å². The van der Waals surface area contributed by atoms with E-state index in [2.05, 4.69) is 29.7 Å². The number of hydrogen-bond acceptors (Lipinski definition) is 1. The number of hydrogen-bond donors (Lipinski definition) is 2. The molecule has 0 fully saturated rings. The van der Waals surface area contributed by atoms with E-state index in [1.54, 1.807) is 0 Å². The zero-order chi connectivity index (χ0) is 11.8. The minimum absolute atomic E-state index is 0.149. The highest BCUT2D eigenvalue weighted by molar-refractivity contribution is 5.89. The molecule has 16 heavy (non-hydrogen) atoms. The maximum Gasteiger partial charge on any atom is 0.319 e. The van der Waals surface area contributed by atoms with Crippen molar-refractivity contribution in [1.29, 1.82) is 0 Å². The second kappa shape index (κ2) is 6.88. The van der Waals surface area contributed by atoms with Crippen molar-refractivity contribution in [3.63, 3.8) is 0 Å². The van der Waals surface area contributed by atoms with Crippen LogP contribution in [0.25, 0.3) is 0 Å². The number of anilines is 1. The Labute approximate surface area is 97.2 Å². The quantitative estimate of drug-likeness (QED) is 0.786. The summed E-state index contributed by atoms with van der Waals surface area (Å²) < 4.78 is 0. The molecule has 88 valence electrons. The third kappa shape index (κ3) is 4.34. The van der Waals surface area contributed by atoms with Crippen LogP contribution in [0.15, 0.2) is 24.3 Å². The second-order valence-electron chi connectivity index (χ2n) is 3.78. The van der Waals surface area contributed by atoms with Gasteiger partial charge in [-0.05, 0) is 37.5 Å². The molecule has 0 aromatic heterocycles. The summed E-state index contributed by atoms with van der Waals surface area (Å²) in [5.74, 6) is 0. The number of aryl methyl sites for hydroxylation is 1. The topological polar surface area (TPSA) is 41.1 Å². The lowest BCUT2D eigenvalue weighted by Gasteiger charge is -2.06. The SMILES string of the molecule is CCCCc1ccc(NC(=O)NCC)cc1. The average molecular weight is 220 g/mol. The first-order chi connectivity index (χ1) is 7.76. The molecular formula is C13H20N2O. The summed E-state index contributed by atoms with van der Waals surface area (Å²) >= 11 is 0. The van der Waals surface area contributed by atoms with Crippen molar-refractivity contribution in [2.75, 3.05) is 11.9 Å². The highest BCUT2D eigenvalue weighted by Gasteiger charge is 1.99. The van der Waals surface area contributed by atoms with Gasteiger partial charge in [-0.2, -0.15) is 0 Å². The molecule has 0 radical (unpaired) electrons. The van der Waals surface area contributed by atoms with Gasteiger partial charge in [0, 0.05) is 12.2 Å². The van der Waals surface area contributed by atoms with Crippen LogP contribution in [0.4, 0.5) is 10.5 Å². The molecule has 3 nitrogen and oxygen atoms in total. The van der Waals surface area contributed by atoms with Crippen LogP contribution in [0, 0.1) is 0 Å². The molecule has 0 aliphatic heterocycles. The van der Waals surface area contributed by atoms with Gasteiger partial charge in [0.25, 0.3) is 0 Å². The van der Waals surface area contributed by atoms with Crippen LogP contribution >= 0.6 is 0 Å². The Hall–Kier alpha value is -1.51. The van der Waals surface area contributed by atoms with Crippen molar-refractivity contribution >= 4 is 11.7 Å². The van der Waals surface area contributed by atoms with E-state index in [9.17, 15) is 4.79 Å². The fourth-order valence-electron chi connectivity index (χ4n) is 1.47. The number of nitrogens with one attached hydrogen (secondary N) is 2. The van der Waals surface area contributed by atoms with E-state index in [0.717, 1.165) is 12.1 Å². The van der Waals surface area contributed by atoms with Crippen LogP contribution in [-0.4, -0.2) is 12.6 Å². The fourth-order valence-corrected chi connectivity index (χ4v) is 1.47. The average Bonchev–Trinajstić information content (AvgIpc) is 2.28. The van der Waals surface area contributed by atoms with E-state index >= 15 is 0 Å². The van der Waals surface area contributed by atoms with Gasteiger partial charge in [-0.3, -0.25) is 0 Å². The molecule has 1 aromatic rings. The van der Waals surface area contributed by atoms with E-state index in [-0.39, 0.29) is 6.03 Å². The summed E-state index contributed by atoms with van der Waals surface area (Å²) in [5, 5.41) is 5.47. The van der Waals surface area contributed by atoms with E-state index in [1.165, 1.54) is 18.4 Å². The first-order valence-electron chi connectivity index (χ1n) is 5.90. The molecule has 1 aromatic carbocycles. The summed E-state index contributed by atoms with van der Waals surface area (Å²) in [6.45, 7) is 4.72. The zero-order valence-electron chi connectivity index (χ0n) is 10.0. The van der Waals surface area contributed by atoms with Crippen LogP contribution in [0.5, 0.6) is 0 Å². The molecule has 0 aliphatic rings. The van der Waals surface area contributed by atoms with Gasteiger partial charge in [0.2, 0.25) is 0 Å². The molecule has 0 aliphatic carbocycles. The standard InChI is InChI=1S/C13H20N2O/c1-3-5-6-11-7-9-12(10-8-11)15-13(16)14-4-2/h7-10H,3-6H2,1-2H3,(H2,14,15,16). The zero-order valence-corrected chi connectivity index (χ0v) is 10.0. The van der Waals surface area contributed by atoms with Gasteiger partial charge in [-0.25, -0.2) is 4.79 Å². The number of unbranched alkanes of at least 4 members (excludes halogenated alkanes) is 1. The smallest absolute Gasteiger partial charge is 0.319 e. The molecule has 2 amide bonds. The van der Waals surface area contributed by atoms with Gasteiger partial charge in [-0.1, -0.05) is 25.5 Å². The predicted molar refractivity (Wildman–Crippen MR) is 67.7 cm³/mol. The Morgan fingerprint density at radius 2 is 1.88 bits per heavy atom. The first kappa shape index (κ1) is 12.6.